The summed E-state index contributed by atoms with van der Waals surface area (Å²) in [6.45, 7) is 1.97. The first-order chi connectivity index (χ1) is 9.13. The number of aromatic nitrogens is 1. The molecule has 100 valence electrons. The standard InChI is InChI=1S/C10H12IN.C6H7N/c1-12(2)10-5-3-9(4-6-10)7-8-11;1-6-4-2-3-5-7-6/h3-8H,1-2H3;2-5H,1H3. The topological polar surface area (TPSA) is 16.1 Å². The number of rotatable bonds is 2. The van der Waals surface area contributed by atoms with E-state index >= 15 is 0 Å². The van der Waals surface area contributed by atoms with Crippen molar-refractivity contribution in [3.05, 3.63) is 64.0 Å². The van der Waals surface area contributed by atoms with Crippen molar-refractivity contribution in [2.24, 2.45) is 0 Å². The molecule has 0 atom stereocenters. The summed E-state index contributed by atoms with van der Waals surface area (Å²) in [4.78, 5) is 6.07. The highest BCUT2D eigenvalue weighted by Crippen LogP contribution is 2.13. The van der Waals surface area contributed by atoms with Crippen LogP contribution in [0.2, 0.25) is 0 Å². The van der Waals surface area contributed by atoms with Crippen molar-refractivity contribution in [3.63, 3.8) is 0 Å². The maximum atomic E-state index is 3.98. The summed E-state index contributed by atoms with van der Waals surface area (Å²) in [6, 6.07) is 14.3. The molecule has 0 aliphatic rings. The third-order valence-electron chi connectivity index (χ3n) is 2.48. The fourth-order valence-electron chi connectivity index (χ4n) is 1.40. The molecule has 0 aliphatic heterocycles. The second-order valence-electron chi connectivity index (χ2n) is 4.25. The molecule has 2 rings (SSSR count). The van der Waals surface area contributed by atoms with Crippen LogP contribution < -0.4 is 4.90 Å². The van der Waals surface area contributed by atoms with Crippen LogP contribution in [0.3, 0.4) is 0 Å². The second-order valence-corrected chi connectivity index (χ2v) is 4.97. The van der Waals surface area contributed by atoms with Gasteiger partial charge in [-0.05, 0) is 46.9 Å². The van der Waals surface area contributed by atoms with Gasteiger partial charge in [0.15, 0.2) is 0 Å². The highest BCUT2D eigenvalue weighted by molar-refractivity contribution is 14.1. The van der Waals surface area contributed by atoms with E-state index in [-0.39, 0.29) is 0 Å². The molecule has 2 nitrogen and oxygen atoms in total. The van der Waals surface area contributed by atoms with E-state index in [0.717, 1.165) is 5.69 Å². The molecule has 3 heteroatoms. The predicted octanol–water partition coefficient (Wildman–Crippen LogP) is 4.55. The fraction of sp³-hybridized carbons (Fsp3) is 0.188. The summed E-state index contributed by atoms with van der Waals surface area (Å²) in [5.74, 6) is 0. The van der Waals surface area contributed by atoms with E-state index in [1.165, 1.54) is 11.3 Å². The Hall–Kier alpha value is -1.36. The lowest BCUT2D eigenvalue weighted by molar-refractivity contribution is 1.13. The Kier molecular flexibility index (Phi) is 7.18. The van der Waals surface area contributed by atoms with E-state index in [0.29, 0.717) is 0 Å². The van der Waals surface area contributed by atoms with Gasteiger partial charge in [-0.1, -0.05) is 40.8 Å². The Morgan fingerprint density at radius 1 is 1.05 bits per heavy atom. The molecule has 0 saturated carbocycles. The number of aryl methyl sites for hydroxylation is 1. The van der Waals surface area contributed by atoms with Crippen LogP contribution >= 0.6 is 22.6 Å². The van der Waals surface area contributed by atoms with Crippen LogP contribution in [0.5, 0.6) is 0 Å². The maximum Gasteiger partial charge on any atom is 0.0372 e. The first kappa shape index (κ1) is 15.7. The minimum atomic E-state index is 1.07. The zero-order valence-corrected chi connectivity index (χ0v) is 13.7. The predicted molar refractivity (Wildman–Crippen MR) is 92.8 cm³/mol. The molecule has 19 heavy (non-hydrogen) atoms. The van der Waals surface area contributed by atoms with Crippen LogP contribution in [0, 0.1) is 6.92 Å². The molecule has 0 bridgehead atoms. The summed E-state index contributed by atoms with van der Waals surface area (Å²) in [5.41, 5.74) is 3.55. The van der Waals surface area contributed by atoms with Gasteiger partial charge in [-0.3, -0.25) is 4.98 Å². The van der Waals surface area contributed by atoms with Crippen molar-refractivity contribution in [2.45, 2.75) is 6.92 Å². The van der Waals surface area contributed by atoms with Gasteiger partial charge in [-0.25, -0.2) is 0 Å². The Labute approximate surface area is 129 Å². The summed E-state index contributed by atoms with van der Waals surface area (Å²) in [7, 11) is 4.09. The van der Waals surface area contributed by atoms with Crippen molar-refractivity contribution in [3.8, 4) is 0 Å². The summed E-state index contributed by atoms with van der Waals surface area (Å²) >= 11 is 2.22. The van der Waals surface area contributed by atoms with Gasteiger partial charge < -0.3 is 4.90 Å². The molecule has 0 saturated heterocycles. The van der Waals surface area contributed by atoms with Crippen LogP contribution in [0.25, 0.3) is 6.08 Å². The van der Waals surface area contributed by atoms with Crippen LogP contribution in [-0.4, -0.2) is 19.1 Å². The molecular weight excluding hydrogens is 347 g/mol. The Bertz CT molecular complexity index is 490. The maximum absolute atomic E-state index is 3.98. The van der Waals surface area contributed by atoms with Crippen LogP contribution in [0.4, 0.5) is 5.69 Å². The first-order valence-electron chi connectivity index (χ1n) is 6.05. The summed E-state index contributed by atoms with van der Waals surface area (Å²) < 4.78 is 2.02. The molecule has 0 aliphatic carbocycles. The van der Waals surface area contributed by atoms with Gasteiger partial charge in [0.25, 0.3) is 0 Å². The minimum absolute atomic E-state index is 1.07. The van der Waals surface area contributed by atoms with Crippen LogP contribution in [0.15, 0.2) is 52.7 Å². The normalized spacial score (nSPS) is 9.89. The quantitative estimate of drug-likeness (QED) is 0.725. The molecule has 0 fully saturated rings. The second kappa shape index (κ2) is 8.69. The molecule has 1 aromatic heterocycles. The number of halogens is 1. The van der Waals surface area contributed by atoms with Crippen molar-refractivity contribution < 1.29 is 0 Å². The van der Waals surface area contributed by atoms with E-state index in [1.54, 1.807) is 6.20 Å². The number of anilines is 1. The van der Waals surface area contributed by atoms with Gasteiger partial charge in [-0.2, -0.15) is 0 Å². The van der Waals surface area contributed by atoms with Gasteiger partial charge in [0.05, 0.1) is 0 Å². The molecule has 2 aromatic rings. The zero-order chi connectivity index (χ0) is 14.1. The number of nitrogens with zero attached hydrogens (tertiary/aromatic N) is 2. The van der Waals surface area contributed by atoms with E-state index in [2.05, 4.69) is 62.8 Å². The van der Waals surface area contributed by atoms with Crippen molar-refractivity contribution in [1.29, 1.82) is 0 Å². The highest BCUT2D eigenvalue weighted by atomic mass is 127. The molecular formula is C16H19IN2. The van der Waals surface area contributed by atoms with Crippen molar-refractivity contribution in [2.75, 3.05) is 19.0 Å². The average molecular weight is 366 g/mol. The molecule has 0 radical (unpaired) electrons. The highest BCUT2D eigenvalue weighted by Gasteiger charge is 1.92. The minimum Gasteiger partial charge on any atom is -0.378 e. The van der Waals surface area contributed by atoms with E-state index in [9.17, 15) is 0 Å². The number of hydrogen-bond donors (Lipinski definition) is 0. The van der Waals surface area contributed by atoms with Gasteiger partial charge in [0.2, 0.25) is 0 Å². The van der Waals surface area contributed by atoms with Gasteiger partial charge in [0.1, 0.15) is 0 Å². The third kappa shape index (κ3) is 6.38. The van der Waals surface area contributed by atoms with E-state index < -0.39 is 0 Å². The van der Waals surface area contributed by atoms with E-state index in [1.807, 2.05) is 43.3 Å². The fourth-order valence-corrected chi connectivity index (χ4v) is 1.82. The summed E-state index contributed by atoms with van der Waals surface area (Å²) in [5, 5.41) is 0. The molecule has 0 N–H and O–H groups in total. The van der Waals surface area contributed by atoms with Gasteiger partial charge >= 0.3 is 0 Å². The lowest BCUT2D eigenvalue weighted by Crippen LogP contribution is -2.07. The van der Waals surface area contributed by atoms with Gasteiger partial charge in [0, 0.05) is 31.7 Å². The molecule has 0 spiro atoms. The average Bonchev–Trinajstić information content (AvgIpc) is 2.41. The molecule has 0 unspecified atom stereocenters. The number of pyridine rings is 1. The van der Waals surface area contributed by atoms with Crippen LogP contribution in [0.1, 0.15) is 11.3 Å². The Balaban J connectivity index is 0.000000218. The number of hydrogen-bond acceptors (Lipinski definition) is 2. The SMILES string of the molecule is CN(C)c1ccc(C=CI)cc1.Cc1ccccn1. The van der Waals surface area contributed by atoms with Crippen LogP contribution in [-0.2, 0) is 0 Å². The lowest BCUT2D eigenvalue weighted by atomic mass is 10.2. The molecule has 0 amide bonds. The number of benzene rings is 1. The van der Waals surface area contributed by atoms with Crippen molar-refractivity contribution >= 4 is 34.4 Å². The van der Waals surface area contributed by atoms with Gasteiger partial charge in [-0.15, -0.1) is 0 Å². The van der Waals surface area contributed by atoms with Crippen molar-refractivity contribution in [1.82, 2.24) is 4.98 Å². The largest absolute Gasteiger partial charge is 0.378 e. The zero-order valence-electron chi connectivity index (χ0n) is 11.5. The third-order valence-corrected chi connectivity index (χ3v) is 2.84. The molecule has 1 heterocycles. The van der Waals surface area contributed by atoms with E-state index in [4.69, 9.17) is 0 Å². The monoisotopic (exact) mass is 366 g/mol. The lowest BCUT2D eigenvalue weighted by Gasteiger charge is -2.11. The smallest absolute Gasteiger partial charge is 0.0372 e. The summed E-state index contributed by atoms with van der Waals surface area (Å²) in [6.07, 6.45) is 3.87. The first-order valence-corrected chi connectivity index (χ1v) is 7.30. The molecule has 1 aromatic carbocycles. The Morgan fingerprint density at radius 2 is 1.74 bits per heavy atom. The Morgan fingerprint density at radius 3 is 2.11 bits per heavy atom.